The number of unbranched alkanes of at least 4 members (excludes halogenated alkanes) is 15. The minimum Gasteiger partial charge on any atom is -0.457 e. The van der Waals surface area contributed by atoms with E-state index in [0.29, 0.717) is 26.0 Å². The quantitative estimate of drug-likeness (QED) is 0.0571. The van der Waals surface area contributed by atoms with Gasteiger partial charge in [-0.3, -0.25) is 9.36 Å². The van der Waals surface area contributed by atoms with E-state index in [9.17, 15) is 14.3 Å². The first-order chi connectivity index (χ1) is 19.0. The Kier molecular flexibility index (Phi) is 23.7. The molecule has 1 rings (SSSR count). The molecule has 0 amide bonds. The molecule has 0 radical (unpaired) electrons. The summed E-state index contributed by atoms with van der Waals surface area (Å²) in [5, 5.41) is 0. The molecule has 0 aliphatic carbocycles. The number of rotatable bonds is 28. The number of carbonyl (C=O) groups excluding carboxylic acids is 1. The Morgan fingerprint density at radius 2 is 1.28 bits per heavy atom. The predicted octanol–water partition coefficient (Wildman–Crippen LogP) is 8.27. The summed E-state index contributed by atoms with van der Waals surface area (Å²) in [6.45, 7) is 7.39. The molecule has 0 bridgehead atoms. The summed E-state index contributed by atoms with van der Waals surface area (Å²) in [6, 6.07) is 0. The van der Waals surface area contributed by atoms with Crippen molar-refractivity contribution >= 4 is 13.6 Å². The van der Waals surface area contributed by atoms with Gasteiger partial charge in [0, 0.05) is 19.6 Å². The molecule has 39 heavy (non-hydrogen) atoms. The van der Waals surface area contributed by atoms with Gasteiger partial charge in [-0.1, -0.05) is 110 Å². The first kappa shape index (κ1) is 36.6. The molecule has 2 atom stereocenters. The molecular formula is C31H62NO6P. The second-order valence-corrected chi connectivity index (χ2v) is 13.4. The summed E-state index contributed by atoms with van der Waals surface area (Å²) in [5.74, 6) is -0.318. The second kappa shape index (κ2) is 25.3. The number of hydrogen-bond acceptors (Lipinski definition) is 6. The zero-order valence-electron chi connectivity index (χ0n) is 25.6. The van der Waals surface area contributed by atoms with E-state index in [4.69, 9.17) is 14.0 Å². The first-order valence-electron chi connectivity index (χ1n) is 16.4. The molecule has 8 heteroatoms. The van der Waals surface area contributed by atoms with Crippen molar-refractivity contribution in [2.24, 2.45) is 0 Å². The van der Waals surface area contributed by atoms with E-state index in [1.807, 2.05) is 6.92 Å². The Hall–Kier alpha value is -0.460. The molecule has 1 fully saturated rings. The maximum Gasteiger partial charge on any atom is 0.329 e. The van der Waals surface area contributed by atoms with Gasteiger partial charge in [-0.2, -0.15) is 0 Å². The summed E-state index contributed by atoms with van der Waals surface area (Å²) in [4.78, 5) is 24.4. The molecule has 0 aromatic carbocycles. The monoisotopic (exact) mass is 575 g/mol. The van der Waals surface area contributed by atoms with Gasteiger partial charge in [0.2, 0.25) is 0 Å². The van der Waals surface area contributed by atoms with Crippen LogP contribution < -0.4 is 0 Å². The highest BCUT2D eigenvalue weighted by Crippen LogP contribution is 2.42. The fourth-order valence-electron chi connectivity index (χ4n) is 5.07. The van der Waals surface area contributed by atoms with Gasteiger partial charge in [0.15, 0.2) is 0 Å². The van der Waals surface area contributed by atoms with Crippen molar-refractivity contribution in [3.05, 3.63) is 0 Å². The van der Waals surface area contributed by atoms with E-state index in [1.165, 1.54) is 89.9 Å². The zero-order chi connectivity index (χ0) is 28.4. The molecule has 7 nitrogen and oxygen atoms in total. The standard InChI is InChI=1S/C31H62NO6P/c1-3-5-6-7-8-9-10-11-12-13-14-15-16-17-18-21-26-36-28-30(38-31(33)22-4-2)29-37-39(34,35)27-25-32-23-19-20-24-32/h30H,3-29H2,1-2H3,(H,34,35). The van der Waals surface area contributed by atoms with Gasteiger partial charge in [0.05, 0.1) is 19.4 Å². The Bertz CT molecular complexity index is 614. The van der Waals surface area contributed by atoms with Crippen molar-refractivity contribution in [2.45, 2.75) is 148 Å². The van der Waals surface area contributed by atoms with Crippen LogP contribution in [0.1, 0.15) is 142 Å². The Morgan fingerprint density at radius 1 is 0.769 bits per heavy atom. The van der Waals surface area contributed by atoms with Crippen molar-refractivity contribution in [3.8, 4) is 0 Å². The van der Waals surface area contributed by atoms with Crippen LogP contribution in [0.2, 0.25) is 0 Å². The third-order valence-corrected chi connectivity index (χ3v) is 8.88. The van der Waals surface area contributed by atoms with Crippen molar-refractivity contribution < 1.29 is 28.3 Å². The fourth-order valence-corrected chi connectivity index (χ4v) is 6.13. The predicted molar refractivity (Wildman–Crippen MR) is 161 cm³/mol. The van der Waals surface area contributed by atoms with Crippen LogP contribution >= 0.6 is 7.60 Å². The number of nitrogens with zero attached hydrogens (tertiary/aromatic N) is 1. The minimum absolute atomic E-state index is 0.0999. The third kappa shape index (κ3) is 22.9. The average Bonchev–Trinajstić information content (AvgIpc) is 3.44. The van der Waals surface area contributed by atoms with Gasteiger partial charge in [0.25, 0.3) is 0 Å². The van der Waals surface area contributed by atoms with Crippen LogP contribution in [-0.2, 0) is 23.4 Å². The fraction of sp³-hybridized carbons (Fsp3) is 0.968. The van der Waals surface area contributed by atoms with E-state index >= 15 is 0 Å². The van der Waals surface area contributed by atoms with Crippen LogP contribution in [0.25, 0.3) is 0 Å². The summed E-state index contributed by atoms with van der Waals surface area (Å²) in [5.41, 5.74) is 0. The van der Waals surface area contributed by atoms with Gasteiger partial charge < -0.3 is 23.8 Å². The van der Waals surface area contributed by atoms with Gasteiger partial charge >= 0.3 is 13.6 Å². The zero-order valence-corrected chi connectivity index (χ0v) is 26.4. The van der Waals surface area contributed by atoms with Gasteiger partial charge in [-0.05, 0) is 38.8 Å². The SMILES string of the molecule is CCCCCCCCCCCCCCCCCCOCC(COP(=O)(O)CCN1CCCC1)OC(=O)CCC. The van der Waals surface area contributed by atoms with Crippen molar-refractivity contribution in [1.82, 2.24) is 4.90 Å². The molecule has 1 N–H and O–H groups in total. The molecule has 232 valence electrons. The van der Waals surface area contributed by atoms with Gasteiger partial charge in [0.1, 0.15) is 6.10 Å². The van der Waals surface area contributed by atoms with Crippen LogP contribution in [0.5, 0.6) is 0 Å². The topological polar surface area (TPSA) is 85.3 Å². The van der Waals surface area contributed by atoms with E-state index in [-0.39, 0.29) is 25.3 Å². The average molecular weight is 576 g/mol. The summed E-state index contributed by atoms with van der Waals surface area (Å²) < 4.78 is 29.0. The Balaban J connectivity index is 2.04. The van der Waals surface area contributed by atoms with Crippen LogP contribution in [0.15, 0.2) is 0 Å². The van der Waals surface area contributed by atoms with E-state index in [1.54, 1.807) is 0 Å². The van der Waals surface area contributed by atoms with Crippen LogP contribution in [0.4, 0.5) is 0 Å². The lowest BCUT2D eigenvalue weighted by molar-refractivity contribution is -0.154. The van der Waals surface area contributed by atoms with Crippen molar-refractivity contribution in [2.75, 3.05) is 45.6 Å². The number of hydrogen-bond donors (Lipinski definition) is 1. The third-order valence-electron chi connectivity index (χ3n) is 7.56. The molecule has 1 heterocycles. The number of ether oxygens (including phenoxy) is 2. The summed E-state index contributed by atoms with van der Waals surface area (Å²) in [6.07, 6.45) is 24.0. The molecule has 0 aromatic heterocycles. The summed E-state index contributed by atoms with van der Waals surface area (Å²) in [7, 11) is -3.72. The molecule has 0 aromatic rings. The minimum atomic E-state index is -3.72. The normalized spacial score (nSPS) is 16.4. The van der Waals surface area contributed by atoms with Gasteiger partial charge in [-0.15, -0.1) is 0 Å². The molecule has 0 saturated carbocycles. The summed E-state index contributed by atoms with van der Waals surface area (Å²) >= 11 is 0. The van der Waals surface area contributed by atoms with Crippen LogP contribution in [-0.4, -0.2) is 67.5 Å². The molecule has 1 saturated heterocycles. The van der Waals surface area contributed by atoms with E-state index in [0.717, 1.165) is 38.8 Å². The number of likely N-dealkylation sites (tertiary alicyclic amines) is 1. The van der Waals surface area contributed by atoms with Gasteiger partial charge in [-0.25, -0.2) is 0 Å². The second-order valence-electron chi connectivity index (χ2n) is 11.4. The first-order valence-corrected chi connectivity index (χ1v) is 18.2. The largest absolute Gasteiger partial charge is 0.457 e. The molecular weight excluding hydrogens is 513 g/mol. The Labute approximate surface area is 240 Å². The molecule has 0 spiro atoms. The maximum absolute atomic E-state index is 12.5. The molecule has 1 aliphatic rings. The number of carbonyl (C=O) groups is 1. The maximum atomic E-state index is 12.5. The highest BCUT2D eigenvalue weighted by atomic mass is 31.2. The number of esters is 1. The van der Waals surface area contributed by atoms with Crippen LogP contribution in [0, 0.1) is 0 Å². The van der Waals surface area contributed by atoms with Crippen molar-refractivity contribution in [1.29, 1.82) is 0 Å². The van der Waals surface area contributed by atoms with Crippen molar-refractivity contribution in [3.63, 3.8) is 0 Å². The lowest BCUT2D eigenvalue weighted by atomic mass is 10.0. The van der Waals surface area contributed by atoms with E-state index in [2.05, 4.69) is 11.8 Å². The highest BCUT2D eigenvalue weighted by molar-refractivity contribution is 7.52. The van der Waals surface area contributed by atoms with Crippen LogP contribution in [0.3, 0.4) is 0 Å². The Morgan fingerprint density at radius 3 is 1.79 bits per heavy atom. The van der Waals surface area contributed by atoms with E-state index < -0.39 is 13.7 Å². The lowest BCUT2D eigenvalue weighted by Gasteiger charge is -2.21. The highest BCUT2D eigenvalue weighted by Gasteiger charge is 2.25. The molecule has 2 unspecified atom stereocenters. The molecule has 1 aliphatic heterocycles. The smallest absolute Gasteiger partial charge is 0.329 e. The lowest BCUT2D eigenvalue weighted by Crippen LogP contribution is -2.29.